The van der Waals surface area contributed by atoms with Crippen LogP contribution in [-0.4, -0.2) is 17.6 Å². The number of nitro benzene ring substituents is 1. The summed E-state index contributed by atoms with van der Waals surface area (Å²) in [7, 11) is 0. The zero-order chi connectivity index (χ0) is 13.1. The van der Waals surface area contributed by atoms with Gasteiger partial charge in [0, 0.05) is 23.2 Å². The van der Waals surface area contributed by atoms with Crippen LogP contribution in [0.2, 0.25) is 0 Å². The van der Waals surface area contributed by atoms with Crippen LogP contribution < -0.4 is 5.32 Å². The van der Waals surface area contributed by atoms with Gasteiger partial charge in [-0.05, 0) is 11.6 Å². The Morgan fingerprint density at radius 1 is 1.35 bits per heavy atom. The number of benzene rings is 1. The van der Waals surface area contributed by atoms with Crippen LogP contribution in [0.5, 0.6) is 0 Å². The third-order valence-electron chi connectivity index (χ3n) is 1.81. The lowest BCUT2D eigenvalue weighted by atomic mass is 10.2. The molecule has 1 aromatic rings. The number of nitro groups is 1. The average molecular weight is 313 g/mol. The van der Waals surface area contributed by atoms with Gasteiger partial charge in [0.2, 0.25) is 0 Å². The van der Waals surface area contributed by atoms with Crippen molar-refractivity contribution in [1.29, 1.82) is 0 Å². The highest BCUT2D eigenvalue weighted by molar-refractivity contribution is 9.10. The molecule has 0 fully saturated rings. The number of nitrogens with zero attached hydrogens (tertiary/aromatic N) is 1. The molecule has 0 saturated carbocycles. The van der Waals surface area contributed by atoms with E-state index in [9.17, 15) is 23.3 Å². The summed E-state index contributed by atoms with van der Waals surface area (Å²) in [5, 5.41) is 12.7. The Morgan fingerprint density at radius 3 is 2.53 bits per heavy atom. The Hall–Kier alpha value is -1.15. The lowest BCUT2D eigenvalue weighted by Gasteiger charge is -2.08. The maximum absolute atomic E-state index is 11.9. The van der Waals surface area contributed by atoms with E-state index in [1.165, 1.54) is 18.2 Å². The minimum atomic E-state index is -4.29. The van der Waals surface area contributed by atoms with E-state index in [-0.39, 0.29) is 12.2 Å². The molecule has 0 heterocycles. The summed E-state index contributed by atoms with van der Waals surface area (Å²) in [4.78, 5) is 9.92. The molecule has 4 nitrogen and oxygen atoms in total. The Labute approximate surface area is 103 Å². The molecule has 0 aromatic heterocycles. The van der Waals surface area contributed by atoms with Crippen molar-refractivity contribution in [2.75, 3.05) is 6.54 Å². The zero-order valence-electron chi connectivity index (χ0n) is 8.42. The van der Waals surface area contributed by atoms with Crippen LogP contribution in [0.25, 0.3) is 0 Å². The van der Waals surface area contributed by atoms with Gasteiger partial charge in [-0.15, -0.1) is 0 Å². The van der Waals surface area contributed by atoms with E-state index in [0.29, 0.717) is 10.0 Å². The van der Waals surface area contributed by atoms with Gasteiger partial charge >= 0.3 is 6.18 Å². The SMILES string of the molecule is O=[N+]([O-])c1cc(Br)cc(CNCC(F)(F)F)c1. The van der Waals surface area contributed by atoms with E-state index in [1.807, 2.05) is 0 Å². The molecule has 0 amide bonds. The molecule has 0 spiro atoms. The number of halogens is 4. The summed E-state index contributed by atoms with van der Waals surface area (Å²) in [5.41, 5.74) is 0.249. The first kappa shape index (κ1) is 13.9. The molecule has 0 atom stereocenters. The zero-order valence-corrected chi connectivity index (χ0v) is 10.0. The minimum Gasteiger partial charge on any atom is -0.305 e. The molecular weight excluding hydrogens is 305 g/mol. The summed E-state index contributed by atoms with van der Waals surface area (Å²) >= 11 is 3.06. The van der Waals surface area contributed by atoms with Gasteiger partial charge in [0.25, 0.3) is 5.69 Å². The van der Waals surface area contributed by atoms with E-state index in [1.54, 1.807) is 0 Å². The number of alkyl halides is 3. The molecule has 0 bridgehead atoms. The number of rotatable bonds is 4. The fourth-order valence-electron chi connectivity index (χ4n) is 1.19. The molecule has 94 valence electrons. The van der Waals surface area contributed by atoms with Crippen molar-refractivity contribution in [3.05, 3.63) is 38.3 Å². The predicted octanol–water partition coefficient (Wildman–Crippen LogP) is 3.01. The molecule has 0 unspecified atom stereocenters. The van der Waals surface area contributed by atoms with Crippen molar-refractivity contribution in [3.63, 3.8) is 0 Å². The second-order valence-corrected chi connectivity index (χ2v) is 4.21. The summed E-state index contributed by atoms with van der Waals surface area (Å²) in [5.74, 6) is 0. The van der Waals surface area contributed by atoms with Crippen molar-refractivity contribution < 1.29 is 18.1 Å². The highest BCUT2D eigenvalue weighted by Crippen LogP contribution is 2.21. The standard InChI is InChI=1S/C9H8BrF3N2O2/c10-7-1-6(2-8(3-7)15(16)17)4-14-5-9(11,12)13/h1-3,14H,4-5H2. The van der Waals surface area contributed by atoms with E-state index in [4.69, 9.17) is 0 Å². The molecule has 0 aliphatic rings. The Kier molecular flexibility index (Phi) is 4.47. The van der Waals surface area contributed by atoms with Crippen LogP contribution in [0.1, 0.15) is 5.56 Å². The van der Waals surface area contributed by atoms with Crippen LogP contribution in [0, 0.1) is 10.1 Å². The highest BCUT2D eigenvalue weighted by atomic mass is 79.9. The number of non-ortho nitro benzene ring substituents is 1. The summed E-state index contributed by atoms with van der Waals surface area (Å²) in [6, 6.07) is 4.04. The van der Waals surface area contributed by atoms with Crippen molar-refractivity contribution in [2.24, 2.45) is 0 Å². The van der Waals surface area contributed by atoms with E-state index in [0.717, 1.165) is 0 Å². The molecule has 8 heteroatoms. The number of hydrogen-bond donors (Lipinski definition) is 1. The van der Waals surface area contributed by atoms with Crippen LogP contribution in [-0.2, 0) is 6.54 Å². The first-order valence-corrected chi connectivity index (χ1v) is 5.28. The summed E-state index contributed by atoms with van der Waals surface area (Å²) in [6.07, 6.45) is -4.29. The predicted molar refractivity (Wildman–Crippen MR) is 58.6 cm³/mol. The number of nitrogens with one attached hydrogen (secondary N) is 1. The maximum atomic E-state index is 11.9. The first-order valence-electron chi connectivity index (χ1n) is 4.49. The third kappa shape index (κ3) is 5.14. The molecular formula is C9H8BrF3N2O2. The maximum Gasteiger partial charge on any atom is 0.401 e. The fraction of sp³-hybridized carbons (Fsp3) is 0.333. The second-order valence-electron chi connectivity index (χ2n) is 3.29. The van der Waals surface area contributed by atoms with E-state index in [2.05, 4.69) is 21.2 Å². The van der Waals surface area contributed by atoms with Crippen molar-refractivity contribution >= 4 is 21.6 Å². The lowest BCUT2D eigenvalue weighted by Crippen LogP contribution is -2.28. The van der Waals surface area contributed by atoms with E-state index < -0.39 is 17.6 Å². The largest absolute Gasteiger partial charge is 0.401 e. The summed E-state index contributed by atoms with van der Waals surface area (Å²) < 4.78 is 36.0. The molecule has 1 N–H and O–H groups in total. The van der Waals surface area contributed by atoms with Gasteiger partial charge in [-0.2, -0.15) is 13.2 Å². The molecule has 0 aliphatic carbocycles. The van der Waals surface area contributed by atoms with E-state index >= 15 is 0 Å². The first-order chi connectivity index (χ1) is 7.78. The summed E-state index contributed by atoms with van der Waals surface area (Å²) in [6.45, 7) is -1.22. The number of hydrogen-bond acceptors (Lipinski definition) is 3. The normalized spacial score (nSPS) is 11.5. The quantitative estimate of drug-likeness (QED) is 0.687. The third-order valence-corrected chi connectivity index (χ3v) is 2.27. The Morgan fingerprint density at radius 2 is 2.00 bits per heavy atom. The second kappa shape index (κ2) is 5.46. The Balaban J connectivity index is 2.68. The van der Waals surface area contributed by atoms with Gasteiger partial charge in [-0.25, -0.2) is 0 Å². The molecule has 0 aliphatic heterocycles. The minimum absolute atomic E-state index is 0.0835. The van der Waals surface area contributed by atoms with Gasteiger partial charge in [0.15, 0.2) is 0 Å². The van der Waals surface area contributed by atoms with Crippen LogP contribution in [0.3, 0.4) is 0 Å². The molecule has 0 radical (unpaired) electrons. The van der Waals surface area contributed by atoms with Crippen molar-refractivity contribution in [3.8, 4) is 0 Å². The van der Waals surface area contributed by atoms with Gasteiger partial charge in [0.05, 0.1) is 11.5 Å². The van der Waals surface area contributed by atoms with Crippen LogP contribution in [0.15, 0.2) is 22.7 Å². The molecule has 1 aromatic carbocycles. The van der Waals surface area contributed by atoms with Crippen molar-refractivity contribution in [1.82, 2.24) is 5.32 Å². The Bertz CT molecular complexity index is 423. The van der Waals surface area contributed by atoms with Crippen molar-refractivity contribution in [2.45, 2.75) is 12.7 Å². The van der Waals surface area contributed by atoms with Gasteiger partial charge < -0.3 is 5.32 Å². The topological polar surface area (TPSA) is 55.2 Å². The van der Waals surface area contributed by atoms with Gasteiger partial charge in [-0.1, -0.05) is 15.9 Å². The monoisotopic (exact) mass is 312 g/mol. The average Bonchev–Trinajstić information content (AvgIpc) is 2.14. The molecule has 17 heavy (non-hydrogen) atoms. The molecule has 0 saturated heterocycles. The smallest absolute Gasteiger partial charge is 0.305 e. The van der Waals surface area contributed by atoms with Crippen LogP contribution >= 0.6 is 15.9 Å². The fourth-order valence-corrected chi connectivity index (χ4v) is 1.72. The van der Waals surface area contributed by atoms with Gasteiger partial charge in [-0.3, -0.25) is 10.1 Å². The lowest BCUT2D eigenvalue weighted by molar-refractivity contribution is -0.385. The van der Waals surface area contributed by atoms with Gasteiger partial charge in [0.1, 0.15) is 0 Å². The highest BCUT2D eigenvalue weighted by Gasteiger charge is 2.26. The molecule has 1 rings (SSSR count). The van der Waals surface area contributed by atoms with Crippen LogP contribution in [0.4, 0.5) is 18.9 Å².